The smallest absolute Gasteiger partial charge is 0.0594 e. The van der Waals surface area contributed by atoms with Gasteiger partial charge in [0.05, 0.1) is 26.4 Å². The third-order valence-corrected chi connectivity index (χ3v) is 2.25. The molecule has 0 saturated heterocycles. The van der Waals surface area contributed by atoms with Crippen molar-refractivity contribution < 1.29 is 14.3 Å². The summed E-state index contributed by atoms with van der Waals surface area (Å²) < 4.78 is 10.6. The number of amides is 1. The maximum atomic E-state index is 10.1. The molecule has 0 unspecified atom stereocenters. The summed E-state index contributed by atoms with van der Waals surface area (Å²) in [6.45, 7) is 10.3. The van der Waals surface area contributed by atoms with Crippen LogP contribution in [0.5, 0.6) is 0 Å². The molecule has 0 rings (SSSR count). The van der Waals surface area contributed by atoms with Gasteiger partial charge in [-0.2, -0.15) is 6.41 Å². The second-order valence-electron chi connectivity index (χ2n) is 3.67. The summed E-state index contributed by atoms with van der Waals surface area (Å²) in [7, 11) is 0. The van der Waals surface area contributed by atoms with Crippen LogP contribution in [-0.2, 0) is 14.3 Å². The van der Waals surface area contributed by atoms with Crippen LogP contribution in [0.4, 0.5) is 0 Å². The van der Waals surface area contributed by atoms with E-state index in [1.54, 1.807) is 6.41 Å². The molecule has 0 spiro atoms. The first-order valence-corrected chi connectivity index (χ1v) is 7.23. The summed E-state index contributed by atoms with van der Waals surface area (Å²) in [5, 5.41) is 2.51. The average molecular weight is 548 g/mol. The Kier molecular flexibility index (Phi) is 27.0. The van der Waals surface area contributed by atoms with Crippen molar-refractivity contribution in [1.29, 1.82) is 0 Å². The molecule has 5 N–H and O–H groups in total. The number of nitrogens with two attached hydrogens (primary N) is 2. The molecule has 0 bridgehead atoms. The minimum atomic E-state index is 0. The quantitative estimate of drug-likeness (QED) is 0.145. The van der Waals surface area contributed by atoms with Gasteiger partial charge in [-0.25, -0.2) is 0 Å². The molecule has 0 aromatic heterocycles. The zero-order chi connectivity index (χ0) is 15.5. The van der Waals surface area contributed by atoms with Gasteiger partial charge in [0.15, 0.2) is 0 Å². The standard InChI is InChI=1S/C11H25N4O3.C2H6.Fm/c12-1-7-17-9-5-15(4-3-14-11-16)6-10-18-8-2-13;1-2;/h1-10,12-13H2,(H,14,16);1-2H3;/q-1;;. The number of nitrogens with zero attached hydrogens (tertiary/aromatic N) is 1. The second-order valence-corrected chi connectivity index (χ2v) is 3.67. The normalized spacial score (nSPS) is 9.57. The van der Waals surface area contributed by atoms with E-state index in [0.717, 1.165) is 19.6 Å². The van der Waals surface area contributed by atoms with Crippen molar-refractivity contribution in [3.63, 3.8) is 0 Å². The van der Waals surface area contributed by atoms with Crippen LogP contribution in [0.3, 0.4) is 0 Å². The molecule has 0 aromatic rings. The Labute approximate surface area is 123 Å². The molecule has 21 heavy (non-hydrogen) atoms. The van der Waals surface area contributed by atoms with Crippen LogP contribution in [0.15, 0.2) is 0 Å². The fourth-order valence-electron chi connectivity index (χ4n) is 1.36. The van der Waals surface area contributed by atoms with E-state index in [1.165, 1.54) is 0 Å². The first kappa shape index (κ1) is 24.3. The summed E-state index contributed by atoms with van der Waals surface area (Å²) in [6, 6.07) is 0. The Balaban J connectivity index is -0.00000103. The van der Waals surface area contributed by atoms with Crippen LogP contribution in [0.2, 0.25) is 0 Å². The Hall–Kier alpha value is -1.73. The van der Waals surface area contributed by atoms with Crippen LogP contribution in [0.25, 0.3) is 0 Å². The predicted octanol–water partition coefficient (Wildman–Crippen LogP) is -1.08. The van der Waals surface area contributed by atoms with E-state index in [9.17, 15) is 4.79 Å². The first-order valence-electron chi connectivity index (χ1n) is 7.23. The number of ether oxygens (including phenoxy) is 2. The Morgan fingerprint density at radius 2 is 1.43 bits per heavy atom. The molecule has 0 aromatic carbocycles. The number of carbonyl (C=O) groups excluding carboxylic acids is 1. The van der Waals surface area contributed by atoms with E-state index in [0.29, 0.717) is 46.1 Å². The van der Waals surface area contributed by atoms with Gasteiger partial charge in [-0.15, -0.1) is 0 Å². The minimum Gasteiger partial charge on any atom is -0.529 e. The van der Waals surface area contributed by atoms with Gasteiger partial charge in [0.25, 0.3) is 0 Å². The Morgan fingerprint density at radius 1 is 0.952 bits per heavy atom. The van der Waals surface area contributed by atoms with Crippen LogP contribution in [-0.4, -0.2) is 77.0 Å². The monoisotopic (exact) mass is 548 g/mol. The van der Waals surface area contributed by atoms with Crippen molar-refractivity contribution >= 4 is 6.41 Å². The molecule has 0 fully saturated rings. The van der Waals surface area contributed by atoms with Gasteiger partial charge in [0.1, 0.15) is 0 Å². The summed E-state index contributed by atoms with van der Waals surface area (Å²) in [6.07, 6.45) is 1.65. The summed E-state index contributed by atoms with van der Waals surface area (Å²) >= 11 is 0. The molecule has 1 amide bonds. The van der Waals surface area contributed by atoms with Gasteiger partial charge in [-0.05, 0) is 6.54 Å². The Bertz CT molecular complexity index is 179. The van der Waals surface area contributed by atoms with Gasteiger partial charge >= 0.3 is 0 Å². The van der Waals surface area contributed by atoms with Crippen LogP contribution in [0.1, 0.15) is 13.8 Å². The summed E-state index contributed by atoms with van der Waals surface area (Å²) in [5.41, 5.74) is 10.7. The fourth-order valence-corrected chi connectivity index (χ4v) is 1.36. The van der Waals surface area contributed by atoms with Gasteiger partial charge < -0.3 is 31.1 Å². The van der Waals surface area contributed by atoms with Gasteiger partial charge in [-0.1, -0.05) is 13.8 Å². The van der Waals surface area contributed by atoms with E-state index >= 15 is 0 Å². The van der Waals surface area contributed by atoms with E-state index in [-0.39, 0.29) is 0 Å². The van der Waals surface area contributed by atoms with Crippen LogP contribution < -0.4 is 16.8 Å². The minimum absolute atomic E-state index is 0. The van der Waals surface area contributed by atoms with E-state index in [2.05, 4.69) is 10.2 Å². The second kappa shape index (κ2) is 23.4. The summed E-state index contributed by atoms with van der Waals surface area (Å²) in [4.78, 5) is 12.2. The van der Waals surface area contributed by atoms with Gasteiger partial charge in [0.2, 0.25) is 0 Å². The molecule has 0 aliphatic rings. The molecule has 8 heteroatoms. The number of rotatable bonds is 14. The summed E-state index contributed by atoms with van der Waals surface area (Å²) in [5.74, 6) is 0. The van der Waals surface area contributed by atoms with Crippen LogP contribution >= 0.6 is 0 Å². The SMILES string of the molecule is CC.NCCOCCN(CCN[C-]=O)CCOCCN.[Fm]. The zero-order valence-corrected chi connectivity index (χ0v) is 15.6. The third kappa shape index (κ3) is 20.7. The predicted molar refractivity (Wildman–Crippen MR) is 81.2 cm³/mol. The first-order chi connectivity index (χ1) is 9.85. The van der Waals surface area contributed by atoms with Gasteiger partial charge in [-0.3, -0.25) is 4.90 Å². The van der Waals surface area contributed by atoms with Crippen molar-refractivity contribution in [2.45, 2.75) is 13.8 Å². The molecule has 0 radical (unpaired) electrons. The van der Waals surface area contributed by atoms with Gasteiger partial charge in [0, 0.05) is 32.7 Å². The number of hydrogen-bond acceptors (Lipinski definition) is 6. The molecule has 0 saturated carbocycles. The fraction of sp³-hybridized carbons (Fsp3) is 0.923. The third-order valence-electron chi connectivity index (χ3n) is 2.25. The molecule has 0 atom stereocenters. The van der Waals surface area contributed by atoms with Crippen molar-refractivity contribution in [1.82, 2.24) is 10.2 Å². The molecule has 0 heterocycles. The van der Waals surface area contributed by atoms with Crippen LogP contribution in [0, 0.1) is 0 Å². The van der Waals surface area contributed by atoms with E-state index in [4.69, 9.17) is 20.9 Å². The molecule has 7 nitrogen and oxygen atoms in total. The molecular formula is C13H31FmN4O3-. The topological polar surface area (TPSA) is 103 Å². The zero-order valence-electron chi connectivity index (χ0n) is 13.2. The molecular weight excluding hydrogens is 517 g/mol. The molecule has 134 valence electrons. The molecule has 0 aliphatic heterocycles. The van der Waals surface area contributed by atoms with Crippen molar-refractivity contribution in [2.24, 2.45) is 11.5 Å². The maximum absolute atomic E-state index is 10.1. The Morgan fingerprint density at radius 3 is 1.81 bits per heavy atom. The average Bonchev–Trinajstić information content (AvgIpc) is 2.49. The molecule has 0 aliphatic carbocycles. The maximum Gasteiger partial charge on any atom is 0.0594 e. The largest absolute Gasteiger partial charge is 0.529 e. The van der Waals surface area contributed by atoms with Crippen molar-refractivity contribution in [3.05, 3.63) is 0 Å². The van der Waals surface area contributed by atoms with Crippen molar-refractivity contribution in [2.75, 3.05) is 65.7 Å². The van der Waals surface area contributed by atoms with E-state index < -0.39 is 0 Å². The number of nitrogens with one attached hydrogen (secondary N) is 1. The van der Waals surface area contributed by atoms with E-state index in [1.807, 2.05) is 13.8 Å². The number of hydrogen-bond donors (Lipinski definition) is 3. The van der Waals surface area contributed by atoms with Crippen molar-refractivity contribution in [3.8, 4) is 0 Å².